The molecule has 0 atom stereocenters. The Morgan fingerprint density at radius 2 is 2.24 bits per heavy atom. The van der Waals surface area contributed by atoms with E-state index in [1.807, 2.05) is 17.7 Å². The Balaban J connectivity index is 1.84. The van der Waals surface area contributed by atoms with E-state index in [0.29, 0.717) is 23.8 Å². The summed E-state index contributed by atoms with van der Waals surface area (Å²) in [5.74, 6) is 1.30. The molecule has 2 heterocycles. The molecular formula is C14H12ClFN4O. The predicted molar refractivity (Wildman–Crippen MR) is 75.4 cm³/mol. The SMILES string of the molecule is CCc1nccn1Cc1nc(-c2ccc(F)c(Cl)c2)no1. The molecule has 108 valence electrons. The van der Waals surface area contributed by atoms with Gasteiger partial charge in [-0.15, -0.1) is 0 Å². The number of aryl methyl sites for hydroxylation is 1. The van der Waals surface area contributed by atoms with Gasteiger partial charge in [-0.2, -0.15) is 4.98 Å². The summed E-state index contributed by atoms with van der Waals surface area (Å²) >= 11 is 5.75. The molecule has 7 heteroatoms. The molecule has 0 saturated carbocycles. The van der Waals surface area contributed by atoms with Gasteiger partial charge in [0.15, 0.2) is 0 Å². The van der Waals surface area contributed by atoms with E-state index in [2.05, 4.69) is 15.1 Å². The summed E-state index contributed by atoms with van der Waals surface area (Å²) in [4.78, 5) is 8.53. The topological polar surface area (TPSA) is 56.7 Å². The fourth-order valence-corrected chi connectivity index (χ4v) is 2.20. The zero-order chi connectivity index (χ0) is 14.8. The van der Waals surface area contributed by atoms with Crippen LogP contribution in [0.15, 0.2) is 35.1 Å². The van der Waals surface area contributed by atoms with Gasteiger partial charge in [-0.3, -0.25) is 0 Å². The Morgan fingerprint density at radius 3 is 3.00 bits per heavy atom. The fourth-order valence-electron chi connectivity index (χ4n) is 2.02. The Labute approximate surface area is 125 Å². The highest BCUT2D eigenvalue weighted by Crippen LogP contribution is 2.23. The van der Waals surface area contributed by atoms with Crippen LogP contribution < -0.4 is 0 Å². The van der Waals surface area contributed by atoms with Crippen LogP contribution in [-0.2, 0) is 13.0 Å². The molecule has 0 unspecified atom stereocenters. The molecule has 0 aliphatic heterocycles. The van der Waals surface area contributed by atoms with Gasteiger partial charge >= 0.3 is 0 Å². The lowest BCUT2D eigenvalue weighted by molar-refractivity contribution is 0.370. The standard InChI is InChI=1S/C14H12ClFN4O/c1-2-12-17-5-6-20(12)8-13-18-14(19-21-13)9-3-4-11(16)10(15)7-9/h3-7H,2,8H2,1H3. The summed E-state index contributed by atoms with van der Waals surface area (Å²) < 4.78 is 20.3. The van der Waals surface area contributed by atoms with E-state index < -0.39 is 5.82 Å². The van der Waals surface area contributed by atoms with Crippen molar-refractivity contribution < 1.29 is 8.91 Å². The fraction of sp³-hybridized carbons (Fsp3) is 0.214. The van der Waals surface area contributed by atoms with Crippen molar-refractivity contribution in [2.75, 3.05) is 0 Å². The van der Waals surface area contributed by atoms with Crippen LogP contribution in [0.5, 0.6) is 0 Å². The molecule has 3 rings (SSSR count). The maximum Gasteiger partial charge on any atom is 0.246 e. The Kier molecular flexibility index (Phi) is 3.70. The van der Waals surface area contributed by atoms with Crippen LogP contribution in [0.4, 0.5) is 4.39 Å². The van der Waals surface area contributed by atoms with Gasteiger partial charge in [0, 0.05) is 24.4 Å². The number of benzene rings is 1. The molecule has 0 fully saturated rings. The van der Waals surface area contributed by atoms with Gasteiger partial charge in [-0.25, -0.2) is 9.37 Å². The maximum absolute atomic E-state index is 13.1. The van der Waals surface area contributed by atoms with Gasteiger partial charge in [-0.1, -0.05) is 23.7 Å². The van der Waals surface area contributed by atoms with Crippen molar-refractivity contribution in [3.05, 3.63) is 53.1 Å². The van der Waals surface area contributed by atoms with Crippen LogP contribution in [0.25, 0.3) is 11.4 Å². The summed E-state index contributed by atoms with van der Waals surface area (Å²) in [6.45, 7) is 2.48. The van der Waals surface area contributed by atoms with Crippen molar-refractivity contribution in [2.24, 2.45) is 0 Å². The number of hydrogen-bond donors (Lipinski definition) is 0. The average Bonchev–Trinajstić information content (AvgIpc) is 3.11. The lowest BCUT2D eigenvalue weighted by atomic mass is 10.2. The number of nitrogens with zero attached hydrogens (tertiary/aromatic N) is 4. The van der Waals surface area contributed by atoms with E-state index in [1.54, 1.807) is 12.3 Å². The van der Waals surface area contributed by atoms with Gasteiger partial charge in [0.05, 0.1) is 5.02 Å². The highest BCUT2D eigenvalue weighted by molar-refractivity contribution is 6.31. The minimum Gasteiger partial charge on any atom is -0.337 e. The summed E-state index contributed by atoms with van der Waals surface area (Å²) in [6.07, 6.45) is 4.41. The van der Waals surface area contributed by atoms with E-state index in [9.17, 15) is 4.39 Å². The number of rotatable bonds is 4. The second kappa shape index (κ2) is 5.65. The van der Waals surface area contributed by atoms with Crippen molar-refractivity contribution >= 4 is 11.6 Å². The van der Waals surface area contributed by atoms with Gasteiger partial charge in [0.25, 0.3) is 0 Å². The van der Waals surface area contributed by atoms with E-state index >= 15 is 0 Å². The normalized spacial score (nSPS) is 11.0. The van der Waals surface area contributed by atoms with Crippen molar-refractivity contribution in [1.82, 2.24) is 19.7 Å². The molecule has 3 aromatic rings. The molecule has 1 aromatic carbocycles. The third kappa shape index (κ3) is 2.80. The first kappa shape index (κ1) is 13.8. The number of hydrogen-bond acceptors (Lipinski definition) is 4. The molecule has 0 N–H and O–H groups in total. The zero-order valence-electron chi connectivity index (χ0n) is 11.3. The van der Waals surface area contributed by atoms with Crippen LogP contribution in [0.3, 0.4) is 0 Å². The Bertz CT molecular complexity index is 768. The van der Waals surface area contributed by atoms with Gasteiger partial charge in [0.1, 0.15) is 18.2 Å². The average molecular weight is 307 g/mol. The van der Waals surface area contributed by atoms with Gasteiger partial charge in [0.2, 0.25) is 11.7 Å². The van der Waals surface area contributed by atoms with Crippen molar-refractivity contribution in [2.45, 2.75) is 19.9 Å². The Hall–Kier alpha value is -2.21. The molecule has 0 aliphatic carbocycles. The Morgan fingerprint density at radius 1 is 1.38 bits per heavy atom. The third-order valence-corrected chi connectivity index (χ3v) is 3.36. The monoisotopic (exact) mass is 306 g/mol. The first-order chi connectivity index (χ1) is 10.2. The summed E-state index contributed by atoms with van der Waals surface area (Å²) in [5.41, 5.74) is 0.609. The summed E-state index contributed by atoms with van der Waals surface area (Å²) in [5, 5.41) is 3.92. The van der Waals surface area contributed by atoms with E-state index in [1.165, 1.54) is 12.1 Å². The minimum absolute atomic E-state index is 0.0294. The van der Waals surface area contributed by atoms with Crippen molar-refractivity contribution in [3.8, 4) is 11.4 Å². The highest BCUT2D eigenvalue weighted by atomic mass is 35.5. The largest absolute Gasteiger partial charge is 0.337 e. The lowest BCUT2D eigenvalue weighted by Gasteiger charge is -2.01. The predicted octanol–water partition coefficient (Wildman–Crippen LogP) is 3.34. The smallest absolute Gasteiger partial charge is 0.246 e. The zero-order valence-corrected chi connectivity index (χ0v) is 12.0. The van der Waals surface area contributed by atoms with E-state index in [-0.39, 0.29) is 5.02 Å². The van der Waals surface area contributed by atoms with Crippen molar-refractivity contribution in [1.29, 1.82) is 0 Å². The van der Waals surface area contributed by atoms with Gasteiger partial charge < -0.3 is 9.09 Å². The van der Waals surface area contributed by atoms with E-state index in [4.69, 9.17) is 16.1 Å². The molecule has 2 aromatic heterocycles. The maximum atomic E-state index is 13.1. The first-order valence-corrected chi connectivity index (χ1v) is 6.83. The highest BCUT2D eigenvalue weighted by Gasteiger charge is 2.12. The van der Waals surface area contributed by atoms with Crippen LogP contribution in [0.1, 0.15) is 18.6 Å². The van der Waals surface area contributed by atoms with Crippen LogP contribution in [-0.4, -0.2) is 19.7 Å². The second-order valence-electron chi connectivity index (χ2n) is 4.47. The van der Waals surface area contributed by atoms with E-state index in [0.717, 1.165) is 12.2 Å². The van der Waals surface area contributed by atoms with Crippen LogP contribution >= 0.6 is 11.6 Å². The minimum atomic E-state index is -0.477. The summed E-state index contributed by atoms with van der Waals surface area (Å²) in [6, 6.07) is 4.31. The number of halogens is 2. The van der Waals surface area contributed by atoms with Gasteiger partial charge in [-0.05, 0) is 18.2 Å². The summed E-state index contributed by atoms with van der Waals surface area (Å²) in [7, 11) is 0. The number of imidazole rings is 1. The molecule has 0 saturated heterocycles. The van der Waals surface area contributed by atoms with Crippen LogP contribution in [0.2, 0.25) is 5.02 Å². The molecule has 0 bridgehead atoms. The lowest BCUT2D eigenvalue weighted by Crippen LogP contribution is -2.03. The molecule has 0 radical (unpaired) electrons. The quantitative estimate of drug-likeness (QED) is 0.742. The molecular weight excluding hydrogens is 295 g/mol. The molecule has 0 amide bonds. The molecule has 21 heavy (non-hydrogen) atoms. The third-order valence-electron chi connectivity index (χ3n) is 3.07. The second-order valence-corrected chi connectivity index (χ2v) is 4.87. The first-order valence-electron chi connectivity index (χ1n) is 6.45. The molecule has 0 aliphatic rings. The molecule has 0 spiro atoms. The molecule has 5 nitrogen and oxygen atoms in total. The van der Waals surface area contributed by atoms with Crippen molar-refractivity contribution in [3.63, 3.8) is 0 Å². The van der Waals surface area contributed by atoms with Crippen LogP contribution in [0, 0.1) is 5.82 Å². The number of aromatic nitrogens is 4.